The molecule has 22 heavy (non-hydrogen) atoms. The highest BCUT2D eigenvalue weighted by molar-refractivity contribution is 6.30. The van der Waals surface area contributed by atoms with E-state index < -0.39 is 11.7 Å². The fourth-order valence-electron chi connectivity index (χ4n) is 2.00. The second-order valence-corrected chi connectivity index (χ2v) is 5.08. The molecule has 3 aromatic rings. The van der Waals surface area contributed by atoms with Crippen molar-refractivity contribution in [3.05, 3.63) is 71.1 Å². The number of aromatic nitrogens is 2. The number of halogens is 2. The van der Waals surface area contributed by atoms with Crippen LogP contribution in [0.3, 0.4) is 0 Å². The summed E-state index contributed by atoms with van der Waals surface area (Å²) in [5.74, 6) is -0.812. The van der Waals surface area contributed by atoms with E-state index in [0.29, 0.717) is 16.4 Å². The second kappa shape index (κ2) is 5.99. The maximum atomic E-state index is 13.1. The summed E-state index contributed by atoms with van der Waals surface area (Å²) in [6, 6.07) is 14.5. The van der Waals surface area contributed by atoms with Crippen molar-refractivity contribution in [3.63, 3.8) is 0 Å². The van der Waals surface area contributed by atoms with Crippen LogP contribution in [0.15, 0.2) is 54.6 Å². The van der Waals surface area contributed by atoms with E-state index >= 15 is 0 Å². The molecule has 0 radical (unpaired) electrons. The zero-order valence-corrected chi connectivity index (χ0v) is 12.1. The summed E-state index contributed by atoms with van der Waals surface area (Å²) in [7, 11) is 0. The summed E-state index contributed by atoms with van der Waals surface area (Å²) >= 11 is 5.93. The number of hydrogen-bond donors (Lipinski definition) is 2. The highest BCUT2D eigenvalue weighted by Crippen LogP contribution is 2.21. The second-order valence-electron chi connectivity index (χ2n) is 4.64. The number of carbonyl (C=O) groups excluding carboxylic acids is 1. The van der Waals surface area contributed by atoms with Crippen molar-refractivity contribution >= 4 is 23.2 Å². The fraction of sp³-hybridized carbons (Fsp3) is 0. The van der Waals surface area contributed by atoms with Gasteiger partial charge in [0.05, 0.1) is 5.69 Å². The average molecular weight is 316 g/mol. The molecule has 3 rings (SSSR count). The molecular formula is C16H11ClFN3O. The molecule has 2 aromatic carbocycles. The average Bonchev–Trinajstić information content (AvgIpc) is 2.97. The number of benzene rings is 2. The lowest BCUT2D eigenvalue weighted by molar-refractivity contribution is 0.102. The topological polar surface area (TPSA) is 57.8 Å². The van der Waals surface area contributed by atoms with Crippen molar-refractivity contribution in [2.24, 2.45) is 0 Å². The van der Waals surface area contributed by atoms with Gasteiger partial charge < -0.3 is 5.32 Å². The third kappa shape index (κ3) is 3.15. The number of carbonyl (C=O) groups is 1. The first kappa shape index (κ1) is 14.3. The first-order valence-corrected chi connectivity index (χ1v) is 6.88. The van der Waals surface area contributed by atoms with E-state index in [1.807, 2.05) is 6.07 Å². The summed E-state index contributed by atoms with van der Waals surface area (Å²) in [5.41, 5.74) is 2.06. The van der Waals surface area contributed by atoms with Crippen LogP contribution in [-0.4, -0.2) is 16.1 Å². The molecule has 0 unspecified atom stereocenters. The Balaban J connectivity index is 1.80. The maximum absolute atomic E-state index is 13.1. The molecule has 0 saturated heterocycles. The van der Waals surface area contributed by atoms with Crippen LogP contribution in [0.25, 0.3) is 11.3 Å². The molecule has 6 heteroatoms. The number of aromatic amines is 1. The number of amides is 1. The highest BCUT2D eigenvalue weighted by Gasteiger charge is 2.11. The Morgan fingerprint density at radius 1 is 1.14 bits per heavy atom. The molecule has 0 aliphatic carbocycles. The number of hydrogen-bond acceptors (Lipinski definition) is 2. The van der Waals surface area contributed by atoms with Gasteiger partial charge in [0.25, 0.3) is 5.91 Å². The van der Waals surface area contributed by atoms with Crippen LogP contribution in [0.4, 0.5) is 10.1 Å². The number of nitrogens with one attached hydrogen (secondary N) is 2. The van der Waals surface area contributed by atoms with Crippen LogP contribution in [0.5, 0.6) is 0 Å². The Bertz CT molecular complexity index is 832. The van der Waals surface area contributed by atoms with E-state index in [-0.39, 0.29) is 5.69 Å². The SMILES string of the molecule is O=C(Nc1cccc(F)c1)c1cc(-c2cccc(Cl)c2)n[nH]1. The minimum Gasteiger partial charge on any atom is -0.321 e. The Kier molecular flexibility index (Phi) is 3.89. The predicted octanol–water partition coefficient (Wildman–Crippen LogP) is 4.12. The molecule has 1 heterocycles. The normalized spacial score (nSPS) is 10.5. The van der Waals surface area contributed by atoms with Crippen LogP contribution < -0.4 is 5.32 Å². The lowest BCUT2D eigenvalue weighted by Gasteiger charge is -2.02. The number of H-pyrrole nitrogens is 1. The first-order chi connectivity index (χ1) is 10.6. The molecule has 0 saturated carbocycles. The van der Waals surface area contributed by atoms with Crippen LogP contribution in [0, 0.1) is 5.82 Å². The third-order valence-corrected chi connectivity index (χ3v) is 3.26. The minimum atomic E-state index is -0.415. The first-order valence-electron chi connectivity index (χ1n) is 6.50. The predicted molar refractivity (Wildman–Crippen MR) is 83.4 cm³/mol. The maximum Gasteiger partial charge on any atom is 0.273 e. The molecule has 0 aliphatic rings. The van der Waals surface area contributed by atoms with Crippen molar-refractivity contribution in [2.45, 2.75) is 0 Å². The molecule has 0 spiro atoms. The molecule has 0 atom stereocenters. The van der Waals surface area contributed by atoms with E-state index in [1.54, 1.807) is 30.3 Å². The molecular weight excluding hydrogens is 305 g/mol. The summed E-state index contributed by atoms with van der Waals surface area (Å²) < 4.78 is 13.1. The van der Waals surface area contributed by atoms with Crippen LogP contribution in [0.2, 0.25) is 5.02 Å². The monoisotopic (exact) mass is 315 g/mol. The van der Waals surface area contributed by atoms with Crippen LogP contribution in [0.1, 0.15) is 10.5 Å². The molecule has 0 bridgehead atoms. The van der Waals surface area contributed by atoms with E-state index in [2.05, 4.69) is 15.5 Å². The summed E-state index contributed by atoms with van der Waals surface area (Å²) in [6.45, 7) is 0. The van der Waals surface area contributed by atoms with Gasteiger partial charge in [0.15, 0.2) is 0 Å². The zero-order valence-electron chi connectivity index (χ0n) is 11.3. The van der Waals surface area contributed by atoms with Crippen LogP contribution >= 0.6 is 11.6 Å². The standard InChI is InChI=1S/C16H11ClFN3O/c17-11-4-1-3-10(7-11)14-9-15(21-20-14)16(22)19-13-6-2-5-12(18)8-13/h1-9H,(H,19,22)(H,20,21). The van der Waals surface area contributed by atoms with Crippen LogP contribution in [-0.2, 0) is 0 Å². The van der Waals surface area contributed by atoms with E-state index in [9.17, 15) is 9.18 Å². The van der Waals surface area contributed by atoms with Gasteiger partial charge in [0.1, 0.15) is 11.5 Å². The van der Waals surface area contributed by atoms with E-state index in [4.69, 9.17) is 11.6 Å². The summed E-state index contributed by atoms with van der Waals surface area (Å²) in [4.78, 5) is 12.1. The fourth-order valence-corrected chi connectivity index (χ4v) is 2.19. The van der Waals surface area contributed by atoms with Gasteiger partial charge >= 0.3 is 0 Å². The van der Waals surface area contributed by atoms with Gasteiger partial charge in [-0.3, -0.25) is 9.89 Å². The molecule has 2 N–H and O–H groups in total. The lowest BCUT2D eigenvalue weighted by Crippen LogP contribution is -2.12. The van der Waals surface area contributed by atoms with Crippen molar-refractivity contribution in [2.75, 3.05) is 5.32 Å². The van der Waals surface area contributed by atoms with Crippen molar-refractivity contribution in [3.8, 4) is 11.3 Å². The quantitative estimate of drug-likeness (QED) is 0.763. The largest absolute Gasteiger partial charge is 0.321 e. The van der Waals surface area contributed by atoms with Crippen molar-refractivity contribution in [1.29, 1.82) is 0 Å². The lowest BCUT2D eigenvalue weighted by atomic mass is 10.1. The van der Waals surface area contributed by atoms with Crippen molar-refractivity contribution in [1.82, 2.24) is 10.2 Å². The Hall–Kier alpha value is -2.66. The third-order valence-electron chi connectivity index (χ3n) is 3.03. The summed E-state index contributed by atoms with van der Waals surface area (Å²) in [5, 5.41) is 9.94. The van der Waals surface area contributed by atoms with Gasteiger partial charge in [-0.05, 0) is 36.4 Å². The van der Waals surface area contributed by atoms with E-state index in [1.165, 1.54) is 18.2 Å². The van der Waals surface area contributed by atoms with Gasteiger partial charge in [-0.15, -0.1) is 0 Å². The molecule has 110 valence electrons. The van der Waals surface area contributed by atoms with E-state index in [0.717, 1.165) is 5.56 Å². The van der Waals surface area contributed by atoms with Gasteiger partial charge in [-0.25, -0.2) is 4.39 Å². The molecule has 1 aromatic heterocycles. The highest BCUT2D eigenvalue weighted by atomic mass is 35.5. The Morgan fingerprint density at radius 2 is 1.95 bits per heavy atom. The summed E-state index contributed by atoms with van der Waals surface area (Å²) in [6.07, 6.45) is 0. The smallest absolute Gasteiger partial charge is 0.273 e. The number of nitrogens with zero attached hydrogens (tertiary/aromatic N) is 1. The van der Waals surface area contributed by atoms with Crippen molar-refractivity contribution < 1.29 is 9.18 Å². The minimum absolute atomic E-state index is 0.277. The van der Waals surface area contributed by atoms with Gasteiger partial charge in [-0.1, -0.05) is 29.8 Å². The molecule has 1 amide bonds. The Labute approximate surface area is 130 Å². The zero-order chi connectivity index (χ0) is 15.5. The molecule has 4 nitrogen and oxygen atoms in total. The van der Waals surface area contributed by atoms with Gasteiger partial charge in [0, 0.05) is 16.3 Å². The Morgan fingerprint density at radius 3 is 2.73 bits per heavy atom. The number of rotatable bonds is 3. The van der Waals surface area contributed by atoms with Gasteiger partial charge in [-0.2, -0.15) is 5.10 Å². The van der Waals surface area contributed by atoms with Gasteiger partial charge in [0.2, 0.25) is 0 Å². The molecule has 0 aliphatic heterocycles. The molecule has 0 fully saturated rings. The number of anilines is 1.